The van der Waals surface area contributed by atoms with Crippen molar-refractivity contribution in [2.45, 2.75) is 105 Å². The third-order valence-electron chi connectivity index (χ3n) is 5.53. The number of phenolic OH excluding ortho intramolecular Hbond substituents is 1. The van der Waals surface area contributed by atoms with Gasteiger partial charge in [-0.3, -0.25) is 4.79 Å². The van der Waals surface area contributed by atoms with Gasteiger partial charge in [0, 0.05) is 0 Å². The van der Waals surface area contributed by atoms with Crippen molar-refractivity contribution in [2.24, 2.45) is 0 Å². The standard InChI is InChI=1S/C24H40O3/c1-8-9-10-11-12-13-14-15-27-23(26)19(4)20-16-21(24(5,6)7)22(25)18(3)17(20)2/h16,19,25H,8-15H2,1-7H3. The maximum atomic E-state index is 12.5. The van der Waals surface area contributed by atoms with Crippen LogP contribution in [-0.2, 0) is 14.9 Å². The average Bonchev–Trinajstić information content (AvgIpc) is 2.60. The minimum atomic E-state index is -0.324. The molecule has 0 amide bonds. The molecule has 0 saturated heterocycles. The van der Waals surface area contributed by atoms with Crippen LogP contribution in [0, 0.1) is 13.8 Å². The molecule has 154 valence electrons. The lowest BCUT2D eigenvalue weighted by atomic mass is 9.80. The van der Waals surface area contributed by atoms with Crippen LogP contribution in [0.3, 0.4) is 0 Å². The van der Waals surface area contributed by atoms with Crippen LogP contribution in [0.2, 0.25) is 0 Å². The Kier molecular flexibility index (Phi) is 9.35. The van der Waals surface area contributed by atoms with Gasteiger partial charge in [0.1, 0.15) is 5.75 Å². The molecule has 1 N–H and O–H groups in total. The van der Waals surface area contributed by atoms with Gasteiger partial charge in [0.25, 0.3) is 0 Å². The highest BCUT2D eigenvalue weighted by atomic mass is 16.5. The first-order chi connectivity index (χ1) is 12.6. The summed E-state index contributed by atoms with van der Waals surface area (Å²) < 4.78 is 5.54. The van der Waals surface area contributed by atoms with Crippen LogP contribution in [0.5, 0.6) is 5.75 Å². The lowest BCUT2D eigenvalue weighted by Crippen LogP contribution is -2.18. The SMILES string of the molecule is CCCCCCCCCOC(=O)C(C)c1cc(C(C)(C)C)c(O)c(C)c1C. The van der Waals surface area contributed by atoms with E-state index in [2.05, 4.69) is 27.7 Å². The molecule has 0 aliphatic heterocycles. The summed E-state index contributed by atoms with van der Waals surface area (Å²) in [5.74, 6) is -0.156. The van der Waals surface area contributed by atoms with E-state index in [1.54, 1.807) is 0 Å². The van der Waals surface area contributed by atoms with Gasteiger partial charge in [-0.05, 0) is 54.9 Å². The van der Waals surface area contributed by atoms with Gasteiger partial charge in [0.2, 0.25) is 0 Å². The number of ether oxygens (including phenoxy) is 1. The van der Waals surface area contributed by atoms with Gasteiger partial charge in [0.05, 0.1) is 12.5 Å². The van der Waals surface area contributed by atoms with Gasteiger partial charge in [-0.25, -0.2) is 0 Å². The molecule has 0 radical (unpaired) electrons. The van der Waals surface area contributed by atoms with Crippen molar-refractivity contribution >= 4 is 5.97 Å². The second-order valence-electron chi connectivity index (χ2n) is 8.87. The third-order valence-corrected chi connectivity index (χ3v) is 5.53. The molecule has 27 heavy (non-hydrogen) atoms. The number of hydrogen-bond donors (Lipinski definition) is 1. The molecule has 0 spiro atoms. The van der Waals surface area contributed by atoms with Gasteiger partial charge in [-0.2, -0.15) is 0 Å². The lowest BCUT2D eigenvalue weighted by molar-refractivity contribution is -0.145. The monoisotopic (exact) mass is 376 g/mol. The topological polar surface area (TPSA) is 46.5 Å². The zero-order chi connectivity index (χ0) is 20.6. The van der Waals surface area contributed by atoms with E-state index in [9.17, 15) is 9.90 Å². The number of carbonyl (C=O) groups is 1. The normalized spacial score (nSPS) is 12.9. The Hall–Kier alpha value is -1.51. The number of rotatable bonds is 10. The number of carbonyl (C=O) groups excluding carboxylic acids is 1. The van der Waals surface area contributed by atoms with Crippen LogP contribution < -0.4 is 0 Å². The molecule has 1 atom stereocenters. The first-order valence-corrected chi connectivity index (χ1v) is 10.6. The summed E-state index contributed by atoms with van der Waals surface area (Å²) in [5, 5.41) is 10.5. The Labute approximate surface area is 166 Å². The van der Waals surface area contributed by atoms with Crippen molar-refractivity contribution in [2.75, 3.05) is 6.61 Å². The summed E-state index contributed by atoms with van der Waals surface area (Å²) >= 11 is 0. The van der Waals surface area contributed by atoms with Gasteiger partial charge in [0.15, 0.2) is 0 Å². The van der Waals surface area contributed by atoms with E-state index in [-0.39, 0.29) is 17.3 Å². The van der Waals surface area contributed by atoms with E-state index >= 15 is 0 Å². The van der Waals surface area contributed by atoms with Crippen LogP contribution in [0.1, 0.15) is 108 Å². The van der Waals surface area contributed by atoms with Crippen LogP contribution in [0.15, 0.2) is 6.07 Å². The summed E-state index contributed by atoms with van der Waals surface area (Å²) in [4.78, 5) is 12.5. The maximum absolute atomic E-state index is 12.5. The fourth-order valence-corrected chi connectivity index (χ4v) is 3.43. The van der Waals surface area contributed by atoms with Gasteiger partial charge >= 0.3 is 5.97 Å². The smallest absolute Gasteiger partial charge is 0.313 e. The van der Waals surface area contributed by atoms with Crippen LogP contribution >= 0.6 is 0 Å². The van der Waals surface area contributed by atoms with Crippen molar-refractivity contribution in [3.8, 4) is 5.75 Å². The number of benzene rings is 1. The first-order valence-electron chi connectivity index (χ1n) is 10.6. The highest BCUT2D eigenvalue weighted by Gasteiger charge is 2.26. The number of esters is 1. The molecule has 0 heterocycles. The quantitative estimate of drug-likeness (QED) is 0.365. The Morgan fingerprint density at radius 1 is 1.04 bits per heavy atom. The van der Waals surface area contributed by atoms with Crippen LogP contribution in [0.4, 0.5) is 0 Å². The predicted molar refractivity (Wildman–Crippen MR) is 114 cm³/mol. The fourth-order valence-electron chi connectivity index (χ4n) is 3.43. The number of unbranched alkanes of at least 4 members (excludes halogenated alkanes) is 6. The molecule has 0 bridgehead atoms. The molecule has 3 heteroatoms. The Bertz CT molecular complexity index is 611. The second kappa shape index (κ2) is 10.7. The van der Waals surface area contributed by atoms with Crippen LogP contribution in [0.25, 0.3) is 0 Å². The Balaban J connectivity index is 2.66. The van der Waals surface area contributed by atoms with E-state index in [4.69, 9.17) is 4.74 Å². The zero-order valence-corrected chi connectivity index (χ0v) is 18.6. The molecular formula is C24H40O3. The average molecular weight is 377 g/mol. The highest BCUT2D eigenvalue weighted by Crippen LogP contribution is 2.38. The molecule has 1 aromatic carbocycles. The van der Waals surface area contributed by atoms with Crippen molar-refractivity contribution in [3.63, 3.8) is 0 Å². The summed E-state index contributed by atoms with van der Waals surface area (Å²) in [6.45, 7) is 14.7. The molecule has 3 nitrogen and oxygen atoms in total. The van der Waals surface area contributed by atoms with Crippen molar-refractivity contribution < 1.29 is 14.6 Å². The largest absolute Gasteiger partial charge is 0.507 e. The van der Waals surface area contributed by atoms with E-state index in [1.165, 1.54) is 32.1 Å². The minimum absolute atomic E-state index is 0.172. The first kappa shape index (κ1) is 23.5. The number of hydrogen-bond acceptors (Lipinski definition) is 3. The lowest BCUT2D eigenvalue weighted by Gasteiger charge is -2.25. The van der Waals surface area contributed by atoms with Gasteiger partial charge in [-0.15, -0.1) is 0 Å². The summed E-state index contributed by atoms with van der Waals surface area (Å²) in [7, 11) is 0. The zero-order valence-electron chi connectivity index (χ0n) is 18.6. The van der Waals surface area contributed by atoms with Crippen molar-refractivity contribution in [3.05, 3.63) is 28.3 Å². The molecule has 0 aromatic heterocycles. The van der Waals surface area contributed by atoms with Crippen LogP contribution in [-0.4, -0.2) is 17.7 Å². The second-order valence-corrected chi connectivity index (χ2v) is 8.87. The fraction of sp³-hybridized carbons (Fsp3) is 0.708. The van der Waals surface area contributed by atoms with E-state index in [0.29, 0.717) is 12.4 Å². The summed E-state index contributed by atoms with van der Waals surface area (Å²) in [6.07, 6.45) is 8.44. The molecular weight excluding hydrogens is 336 g/mol. The Morgan fingerprint density at radius 3 is 2.15 bits per heavy atom. The van der Waals surface area contributed by atoms with E-state index < -0.39 is 0 Å². The molecule has 0 saturated carbocycles. The van der Waals surface area contributed by atoms with Gasteiger partial charge in [-0.1, -0.05) is 72.3 Å². The predicted octanol–water partition coefficient (Wildman–Crippen LogP) is 6.70. The van der Waals surface area contributed by atoms with E-state index in [0.717, 1.165) is 35.1 Å². The van der Waals surface area contributed by atoms with Crippen molar-refractivity contribution in [1.29, 1.82) is 0 Å². The molecule has 1 unspecified atom stereocenters. The third kappa shape index (κ3) is 6.86. The molecule has 0 aliphatic rings. The number of aromatic hydroxyl groups is 1. The minimum Gasteiger partial charge on any atom is -0.507 e. The van der Waals surface area contributed by atoms with Gasteiger partial charge < -0.3 is 9.84 Å². The summed E-state index contributed by atoms with van der Waals surface area (Å²) in [5.41, 5.74) is 3.48. The van der Waals surface area contributed by atoms with Crippen molar-refractivity contribution in [1.82, 2.24) is 0 Å². The Morgan fingerprint density at radius 2 is 1.59 bits per heavy atom. The summed E-state index contributed by atoms with van der Waals surface area (Å²) in [6, 6.07) is 1.98. The highest BCUT2D eigenvalue weighted by molar-refractivity contribution is 5.79. The number of phenols is 1. The maximum Gasteiger partial charge on any atom is 0.313 e. The molecule has 0 fully saturated rings. The molecule has 0 aliphatic carbocycles. The molecule has 1 rings (SSSR count). The van der Waals surface area contributed by atoms with E-state index in [1.807, 2.05) is 26.8 Å². The molecule has 1 aromatic rings.